The third-order valence-corrected chi connectivity index (χ3v) is 3.81. The van der Waals surface area contributed by atoms with Gasteiger partial charge in [-0.2, -0.15) is 0 Å². The fourth-order valence-electron chi connectivity index (χ4n) is 3.15. The molecule has 1 heterocycles. The van der Waals surface area contributed by atoms with E-state index in [0.29, 0.717) is 6.42 Å². The predicted octanol–water partition coefficient (Wildman–Crippen LogP) is 1.24. The third-order valence-electron chi connectivity index (χ3n) is 3.81. The Hall–Kier alpha value is -1.13. The van der Waals surface area contributed by atoms with Gasteiger partial charge in [0.15, 0.2) is 0 Å². The van der Waals surface area contributed by atoms with Crippen molar-refractivity contribution in [1.82, 2.24) is 0 Å². The minimum Gasteiger partial charge on any atom is -0.462 e. The molecular formula is C10H15NO4. The van der Waals surface area contributed by atoms with Gasteiger partial charge in [0, 0.05) is 23.7 Å². The lowest BCUT2D eigenvalue weighted by Crippen LogP contribution is -2.32. The summed E-state index contributed by atoms with van der Waals surface area (Å²) in [5, 5.41) is 10.8. The number of rotatable bonds is 2. The number of hydrogen-bond donors (Lipinski definition) is 0. The molecule has 0 N–H and O–H groups in total. The molecule has 0 aromatic rings. The van der Waals surface area contributed by atoms with Gasteiger partial charge in [-0.1, -0.05) is 6.92 Å². The quantitative estimate of drug-likeness (QED) is 0.393. The number of carbonyl (C=O) groups is 1. The van der Waals surface area contributed by atoms with E-state index in [9.17, 15) is 14.9 Å². The minimum absolute atomic E-state index is 0.0172. The SMILES string of the molecule is CC([C@@H]1[C@@H]2CC(=O)O[C@H]2C[C@@H]1C)[N+](=O)[O-]. The van der Waals surface area contributed by atoms with Crippen LogP contribution in [0.25, 0.3) is 0 Å². The maximum absolute atomic E-state index is 11.1. The zero-order chi connectivity index (χ0) is 11.2. The van der Waals surface area contributed by atoms with Crippen LogP contribution in [-0.4, -0.2) is 23.0 Å². The molecule has 1 saturated carbocycles. The van der Waals surface area contributed by atoms with Crippen LogP contribution in [0.4, 0.5) is 0 Å². The number of esters is 1. The Labute approximate surface area is 87.9 Å². The van der Waals surface area contributed by atoms with E-state index in [1.54, 1.807) is 6.92 Å². The lowest BCUT2D eigenvalue weighted by Gasteiger charge is -2.20. The third kappa shape index (κ3) is 1.60. The van der Waals surface area contributed by atoms with Gasteiger partial charge in [0.1, 0.15) is 6.10 Å². The number of fused-ring (bicyclic) bond motifs is 1. The summed E-state index contributed by atoms with van der Waals surface area (Å²) >= 11 is 0. The summed E-state index contributed by atoms with van der Waals surface area (Å²) in [5.74, 6) is 0.121. The van der Waals surface area contributed by atoms with Gasteiger partial charge >= 0.3 is 5.97 Å². The van der Waals surface area contributed by atoms with E-state index in [1.165, 1.54) is 0 Å². The molecule has 5 heteroatoms. The molecule has 2 rings (SSSR count). The van der Waals surface area contributed by atoms with Crippen molar-refractivity contribution in [1.29, 1.82) is 0 Å². The van der Waals surface area contributed by atoms with E-state index < -0.39 is 6.04 Å². The first-order valence-electron chi connectivity index (χ1n) is 5.33. The molecular weight excluding hydrogens is 198 g/mol. The van der Waals surface area contributed by atoms with Crippen molar-refractivity contribution in [2.75, 3.05) is 0 Å². The molecule has 1 unspecified atom stereocenters. The highest BCUT2D eigenvalue weighted by atomic mass is 16.6. The van der Waals surface area contributed by atoms with E-state index in [2.05, 4.69) is 0 Å². The van der Waals surface area contributed by atoms with Crippen LogP contribution in [0.15, 0.2) is 0 Å². The normalized spacial score (nSPS) is 41.1. The lowest BCUT2D eigenvalue weighted by atomic mass is 9.83. The molecule has 0 amide bonds. The molecule has 0 radical (unpaired) electrons. The molecule has 1 aliphatic heterocycles. The molecule has 0 spiro atoms. The highest BCUT2D eigenvalue weighted by Gasteiger charge is 2.53. The zero-order valence-electron chi connectivity index (χ0n) is 8.88. The summed E-state index contributed by atoms with van der Waals surface area (Å²) in [6, 6.07) is -0.579. The molecule has 0 aromatic heterocycles. The Bertz CT molecular complexity index is 304. The first kappa shape index (κ1) is 10.4. The molecule has 1 saturated heterocycles. The van der Waals surface area contributed by atoms with Crippen molar-refractivity contribution in [3.8, 4) is 0 Å². The summed E-state index contributed by atoms with van der Waals surface area (Å²) < 4.78 is 5.15. The molecule has 0 aromatic carbocycles. The van der Waals surface area contributed by atoms with Crippen molar-refractivity contribution in [2.45, 2.75) is 38.8 Å². The standard InChI is InChI=1S/C10H15NO4/c1-5-3-8-7(4-9(12)15-8)10(5)6(2)11(13)14/h5-8,10H,3-4H2,1-2H3/t5-,6?,7+,8-,10+/m0/s1. The number of nitro groups is 1. The van der Waals surface area contributed by atoms with Gasteiger partial charge in [-0.3, -0.25) is 14.9 Å². The van der Waals surface area contributed by atoms with Crippen molar-refractivity contribution >= 4 is 5.97 Å². The van der Waals surface area contributed by atoms with E-state index in [-0.39, 0.29) is 34.8 Å². The topological polar surface area (TPSA) is 69.4 Å². The predicted molar refractivity (Wildman–Crippen MR) is 51.7 cm³/mol. The summed E-state index contributed by atoms with van der Waals surface area (Å²) in [4.78, 5) is 21.6. The highest BCUT2D eigenvalue weighted by molar-refractivity contribution is 5.72. The maximum atomic E-state index is 11.1. The Kier molecular flexibility index (Phi) is 2.40. The van der Waals surface area contributed by atoms with Crippen LogP contribution in [0.1, 0.15) is 26.7 Å². The Morgan fingerprint density at radius 3 is 2.87 bits per heavy atom. The second-order valence-electron chi connectivity index (χ2n) is 4.71. The van der Waals surface area contributed by atoms with Crippen LogP contribution in [0.2, 0.25) is 0 Å². The molecule has 15 heavy (non-hydrogen) atoms. The van der Waals surface area contributed by atoms with Crippen LogP contribution >= 0.6 is 0 Å². The average Bonchev–Trinajstić information content (AvgIpc) is 2.58. The first-order chi connectivity index (χ1) is 7.00. The lowest BCUT2D eigenvalue weighted by molar-refractivity contribution is -0.530. The summed E-state index contributed by atoms with van der Waals surface area (Å²) in [6.07, 6.45) is 1.07. The van der Waals surface area contributed by atoms with Crippen LogP contribution in [0, 0.1) is 27.9 Å². The van der Waals surface area contributed by atoms with Crippen LogP contribution in [0.5, 0.6) is 0 Å². The van der Waals surface area contributed by atoms with E-state index >= 15 is 0 Å². The summed E-state index contributed by atoms with van der Waals surface area (Å²) in [6.45, 7) is 3.64. The second-order valence-corrected chi connectivity index (χ2v) is 4.71. The van der Waals surface area contributed by atoms with Gasteiger partial charge in [0.25, 0.3) is 0 Å². The zero-order valence-corrected chi connectivity index (χ0v) is 8.88. The van der Waals surface area contributed by atoms with Crippen molar-refractivity contribution in [2.24, 2.45) is 17.8 Å². The fourth-order valence-corrected chi connectivity index (χ4v) is 3.15. The first-order valence-corrected chi connectivity index (χ1v) is 5.33. The molecule has 1 aliphatic carbocycles. The number of nitrogens with zero attached hydrogens (tertiary/aromatic N) is 1. The molecule has 5 atom stereocenters. The van der Waals surface area contributed by atoms with Gasteiger partial charge in [-0.15, -0.1) is 0 Å². The number of carbonyl (C=O) groups excluding carboxylic acids is 1. The smallest absolute Gasteiger partial charge is 0.306 e. The Morgan fingerprint density at radius 1 is 1.60 bits per heavy atom. The van der Waals surface area contributed by atoms with Crippen LogP contribution in [-0.2, 0) is 9.53 Å². The van der Waals surface area contributed by atoms with Gasteiger partial charge in [-0.25, -0.2) is 0 Å². The molecule has 5 nitrogen and oxygen atoms in total. The maximum Gasteiger partial charge on any atom is 0.306 e. The van der Waals surface area contributed by atoms with Crippen LogP contribution in [0.3, 0.4) is 0 Å². The van der Waals surface area contributed by atoms with Crippen molar-refractivity contribution in [3.05, 3.63) is 10.1 Å². The van der Waals surface area contributed by atoms with E-state index in [0.717, 1.165) is 6.42 Å². The summed E-state index contributed by atoms with van der Waals surface area (Å²) in [7, 11) is 0. The fraction of sp³-hybridized carbons (Fsp3) is 0.900. The molecule has 2 fully saturated rings. The van der Waals surface area contributed by atoms with E-state index in [4.69, 9.17) is 4.74 Å². The van der Waals surface area contributed by atoms with Gasteiger partial charge in [0.2, 0.25) is 6.04 Å². The molecule has 0 bridgehead atoms. The van der Waals surface area contributed by atoms with Crippen molar-refractivity contribution < 1.29 is 14.5 Å². The van der Waals surface area contributed by atoms with Gasteiger partial charge in [-0.05, 0) is 12.3 Å². The molecule has 84 valence electrons. The molecule has 2 aliphatic rings. The number of ether oxygens (including phenoxy) is 1. The number of hydrogen-bond acceptors (Lipinski definition) is 4. The minimum atomic E-state index is -0.579. The van der Waals surface area contributed by atoms with Gasteiger partial charge in [0.05, 0.1) is 6.42 Å². The van der Waals surface area contributed by atoms with Gasteiger partial charge < -0.3 is 4.74 Å². The van der Waals surface area contributed by atoms with E-state index in [1.807, 2.05) is 6.92 Å². The monoisotopic (exact) mass is 213 g/mol. The Balaban J connectivity index is 2.16. The van der Waals surface area contributed by atoms with Crippen LogP contribution < -0.4 is 0 Å². The Morgan fingerprint density at radius 2 is 2.27 bits per heavy atom. The summed E-state index contributed by atoms with van der Waals surface area (Å²) in [5.41, 5.74) is 0. The average molecular weight is 213 g/mol. The second kappa shape index (κ2) is 3.47. The highest BCUT2D eigenvalue weighted by Crippen LogP contribution is 2.46. The largest absolute Gasteiger partial charge is 0.462 e. The van der Waals surface area contributed by atoms with Crippen molar-refractivity contribution in [3.63, 3.8) is 0 Å².